The minimum Gasteiger partial charge on any atom is -0.486 e. The first-order valence-corrected chi connectivity index (χ1v) is 7.28. The molecule has 1 aromatic heterocycles. The predicted molar refractivity (Wildman–Crippen MR) is 64.8 cm³/mol. The second-order valence-electron chi connectivity index (χ2n) is 3.56. The highest BCUT2D eigenvalue weighted by Crippen LogP contribution is 2.19. The molecule has 0 spiro atoms. The van der Waals surface area contributed by atoms with Crippen LogP contribution in [0.5, 0.6) is 5.75 Å². The Balaban J connectivity index is 2.05. The van der Waals surface area contributed by atoms with E-state index >= 15 is 0 Å². The molecule has 0 atom stereocenters. The van der Waals surface area contributed by atoms with Gasteiger partial charge in [-0.1, -0.05) is 0 Å². The lowest BCUT2D eigenvalue weighted by atomic mass is 10.3. The SMILES string of the molecule is Cn1cnnc1COc1ccc(S(=O)(=O)Cl)cc1. The van der Waals surface area contributed by atoms with Crippen molar-refractivity contribution in [3.63, 3.8) is 0 Å². The van der Waals surface area contributed by atoms with E-state index in [4.69, 9.17) is 15.4 Å². The molecule has 2 rings (SSSR count). The molecular weight excluding hydrogens is 278 g/mol. The zero-order valence-electron chi connectivity index (χ0n) is 9.45. The molecule has 0 saturated heterocycles. The Morgan fingerprint density at radius 2 is 2.00 bits per heavy atom. The number of hydrogen-bond donors (Lipinski definition) is 0. The molecule has 1 aromatic carbocycles. The molecule has 0 unspecified atom stereocenters. The first-order valence-electron chi connectivity index (χ1n) is 4.97. The summed E-state index contributed by atoms with van der Waals surface area (Å²) in [6.07, 6.45) is 1.57. The van der Waals surface area contributed by atoms with Crippen LogP contribution in [0.15, 0.2) is 35.5 Å². The second kappa shape index (κ2) is 4.95. The Morgan fingerprint density at radius 1 is 1.33 bits per heavy atom. The van der Waals surface area contributed by atoms with E-state index in [1.807, 2.05) is 7.05 Å². The summed E-state index contributed by atoms with van der Waals surface area (Å²) >= 11 is 0. The first-order chi connectivity index (χ1) is 8.47. The maximum atomic E-state index is 11.0. The molecule has 18 heavy (non-hydrogen) atoms. The van der Waals surface area contributed by atoms with Crippen molar-refractivity contribution in [3.05, 3.63) is 36.4 Å². The molecule has 2 aromatic rings. The van der Waals surface area contributed by atoms with Crippen molar-refractivity contribution >= 4 is 19.7 Å². The van der Waals surface area contributed by atoms with E-state index < -0.39 is 9.05 Å². The molecule has 6 nitrogen and oxygen atoms in total. The molecule has 0 N–H and O–H groups in total. The lowest BCUT2D eigenvalue weighted by Crippen LogP contribution is -2.03. The van der Waals surface area contributed by atoms with Crippen LogP contribution in [0.4, 0.5) is 0 Å². The Labute approximate surface area is 109 Å². The van der Waals surface area contributed by atoms with Crippen LogP contribution in [0.3, 0.4) is 0 Å². The van der Waals surface area contributed by atoms with Gasteiger partial charge in [0.05, 0.1) is 4.90 Å². The van der Waals surface area contributed by atoms with E-state index in [9.17, 15) is 8.42 Å². The fourth-order valence-electron chi connectivity index (χ4n) is 1.28. The zero-order valence-corrected chi connectivity index (χ0v) is 11.0. The molecule has 0 fully saturated rings. The van der Waals surface area contributed by atoms with Crippen molar-refractivity contribution in [2.24, 2.45) is 7.05 Å². The number of nitrogens with zero attached hydrogens (tertiary/aromatic N) is 3. The highest BCUT2D eigenvalue weighted by molar-refractivity contribution is 8.13. The average Bonchev–Trinajstić information content (AvgIpc) is 2.72. The third-order valence-corrected chi connectivity index (χ3v) is 3.65. The van der Waals surface area contributed by atoms with E-state index in [-0.39, 0.29) is 11.5 Å². The molecular formula is C10H10ClN3O3S. The summed E-state index contributed by atoms with van der Waals surface area (Å²) < 4.78 is 29.2. The Kier molecular flexibility index (Phi) is 3.53. The van der Waals surface area contributed by atoms with E-state index in [0.29, 0.717) is 11.6 Å². The fraction of sp³-hybridized carbons (Fsp3) is 0.200. The third-order valence-electron chi connectivity index (χ3n) is 2.28. The summed E-state index contributed by atoms with van der Waals surface area (Å²) in [5, 5.41) is 7.58. The third kappa shape index (κ3) is 2.99. The lowest BCUT2D eigenvalue weighted by Gasteiger charge is -2.05. The van der Waals surface area contributed by atoms with Gasteiger partial charge in [-0.2, -0.15) is 0 Å². The Hall–Kier alpha value is -1.60. The van der Waals surface area contributed by atoms with Gasteiger partial charge in [0, 0.05) is 17.7 Å². The second-order valence-corrected chi connectivity index (χ2v) is 6.12. The summed E-state index contributed by atoms with van der Waals surface area (Å²) in [6, 6.07) is 5.83. The molecule has 0 amide bonds. The number of aryl methyl sites for hydroxylation is 1. The standard InChI is InChI=1S/C10H10ClN3O3S/c1-14-7-12-13-10(14)6-17-8-2-4-9(5-3-8)18(11,15)16/h2-5,7H,6H2,1H3. The minimum absolute atomic E-state index is 0.0372. The van der Waals surface area contributed by atoms with Crippen molar-refractivity contribution in [2.75, 3.05) is 0 Å². The average molecular weight is 288 g/mol. The van der Waals surface area contributed by atoms with E-state index in [1.54, 1.807) is 10.9 Å². The van der Waals surface area contributed by atoms with Gasteiger partial charge in [0.2, 0.25) is 0 Å². The van der Waals surface area contributed by atoms with Gasteiger partial charge in [-0.3, -0.25) is 0 Å². The maximum Gasteiger partial charge on any atom is 0.261 e. The number of aromatic nitrogens is 3. The van der Waals surface area contributed by atoms with E-state index in [0.717, 1.165) is 0 Å². The van der Waals surface area contributed by atoms with Crippen LogP contribution in [-0.4, -0.2) is 23.2 Å². The Bertz CT molecular complexity index is 637. The molecule has 0 aliphatic carbocycles. The van der Waals surface area contributed by atoms with Gasteiger partial charge in [-0.25, -0.2) is 8.42 Å². The summed E-state index contributed by atoms with van der Waals surface area (Å²) in [5.74, 6) is 1.20. The van der Waals surface area contributed by atoms with Crippen molar-refractivity contribution in [3.8, 4) is 5.75 Å². The fourth-order valence-corrected chi connectivity index (χ4v) is 2.05. The van der Waals surface area contributed by atoms with Crippen molar-refractivity contribution < 1.29 is 13.2 Å². The van der Waals surface area contributed by atoms with Gasteiger partial charge in [-0.15, -0.1) is 10.2 Å². The number of ether oxygens (including phenoxy) is 1. The van der Waals surface area contributed by atoms with Gasteiger partial charge in [0.15, 0.2) is 5.82 Å². The van der Waals surface area contributed by atoms with Gasteiger partial charge in [-0.05, 0) is 24.3 Å². The lowest BCUT2D eigenvalue weighted by molar-refractivity contribution is 0.291. The quantitative estimate of drug-likeness (QED) is 0.793. The summed E-state index contributed by atoms with van der Waals surface area (Å²) in [7, 11) is 3.31. The van der Waals surface area contributed by atoms with Gasteiger partial charge >= 0.3 is 0 Å². The summed E-state index contributed by atoms with van der Waals surface area (Å²) in [4.78, 5) is 0.0372. The van der Waals surface area contributed by atoms with Crippen LogP contribution < -0.4 is 4.74 Å². The number of hydrogen-bond acceptors (Lipinski definition) is 5. The largest absolute Gasteiger partial charge is 0.486 e. The van der Waals surface area contributed by atoms with Crippen LogP contribution in [-0.2, 0) is 22.7 Å². The highest BCUT2D eigenvalue weighted by atomic mass is 35.7. The van der Waals surface area contributed by atoms with Crippen molar-refractivity contribution in [1.29, 1.82) is 0 Å². The summed E-state index contributed by atoms with van der Waals surface area (Å²) in [5.41, 5.74) is 0. The van der Waals surface area contributed by atoms with Gasteiger partial charge < -0.3 is 9.30 Å². The van der Waals surface area contributed by atoms with Crippen LogP contribution in [0.2, 0.25) is 0 Å². The monoisotopic (exact) mass is 287 g/mol. The molecule has 1 heterocycles. The van der Waals surface area contributed by atoms with E-state index in [2.05, 4.69) is 10.2 Å². The van der Waals surface area contributed by atoms with Crippen LogP contribution in [0, 0.1) is 0 Å². The van der Waals surface area contributed by atoms with Crippen molar-refractivity contribution in [2.45, 2.75) is 11.5 Å². The van der Waals surface area contributed by atoms with Crippen molar-refractivity contribution in [1.82, 2.24) is 14.8 Å². The number of benzene rings is 1. The van der Waals surface area contributed by atoms with E-state index in [1.165, 1.54) is 24.3 Å². The molecule has 0 radical (unpaired) electrons. The molecule has 96 valence electrons. The number of halogens is 1. The van der Waals surface area contributed by atoms with Gasteiger partial charge in [0.25, 0.3) is 9.05 Å². The maximum absolute atomic E-state index is 11.0. The summed E-state index contributed by atoms with van der Waals surface area (Å²) in [6.45, 7) is 0.253. The predicted octanol–water partition coefficient (Wildman–Crippen LogP) is 1.32. The molecule has 8 heteroatoms. The Morgan fingerprint density at radius 3 is 2.50 bits per heavy atom. The normalized spacial score (nSPS) is 11.4. The molecule has 0 saturated carbocycles. The first kappa shape index (κ1) is 12.8. The zero-order chi connectivity index (χ0) is 13.2. The smallest absolute Gasteiger partial charge is 0.261 e. The van der Waals surface area contributed by atoms with Gasteiger partial charge in [0.1, 0.15) is 18.7 Å². The highest BCUT2D eigenvalue weighted by Gasteiger charge is 2.09. The van der Waals surface area contributed by atoms with Crippen LogP contribution in [0.1, 0.15) is 5.82 Å². The number of rotatable bonds is 4. The van der Waals surface area contributed by atoms with Crippen LogP contribution >= 0.6 is 10.7 Å². The molecule has 0 bridgehead atoms. The van der Waals surface area contributed by atoms with Crippen LogP contribution in [0.25, 0.3) is 0 Å². The minimum atomic E-state index is -3.69. The topological polar surface area (TPSA) is 74.1 Å². The molecule has 0 aliphatic rings. The molecule has 0 aliphatic heterocycles.